The Morgan fingerprint density at radius 1 is 1.14 bits per heavy atom. The molecule has 0 radical (unpaired) electrons. The van der Waals surface area contributed by atoms with Gasteiger partial charge in [-0.15, -0.1) is 0 Å². The van der Waals surface area contributed by atoms with Crippen LogP contribution < -0.4 is 14.8 Å². The molecule has 2 aliphatic heterocycles. The zero-order valence-corrected chi connectivity index (χ0v) is 12.9. The molecular weight excluding hydrogens is 264 g/mol. The van der Waals surface area contributed by atoms with Crippen LogP contribution in [0.5, 0.6) is 11.5 Å². The van der Waals surface area contributed by atoms with Crippen molar-refractivity contribution in [2.75, 3.05) is 33.4 Å². The number of hydrogen-bond acceptors (Lipinski definition) is 4. The van der Waals surface area contributed by atoms with Crippen LogP contribution in [-0.4, -0.2) is 50.3 Å². The lowest BCUT2D eigenvalue weighted by Gasteiger charge is -2.35. The van der Waals surface area contributed by atoms with Gasteiger partial charge in [-0.1, -0.05) is 0 Å². The lowest BCUT2D eigenvalue weighted by molar-refractivity contribution is 0.163. The molecule has 4 nitrogen and oxygen atoms in total. The summed E-state index contributed by atoms with van der Waals surface area (Å²) in [5.41, 5.74) is 0. The highest BCUT2D eigenvalue weighted by molar-refractivity contribution is 5.31. The summed E-state index contributed by atoms with van der Waals surface area (Å²) in [6.07, 6.45) is 5.36. The summed E-state index contributed by atoms with van der Waals surface area (Å²) in [5, 5.41) is 3.65. The molecule has 2 atom stereocenters. The van der Waals surface area contributed by atoms with Crippen molar-refractivity contribution in [1.29, 1.82) is 0 Å². The Kier molecular flexibility index (Phi) is 4.99. The van der Waals surface area contributed by atoms with Crippen LogP contribution in [0.1, 0.15) is 25.7 Å². The molecule has 2 unspecified atom stereocenters. The molecule has 1 N–H and O–H groups in total. The van der Waals surface area contributed by atoms with Crippen LogP contribution in [0.4, 0.5) is 0 Å². The third-order valence-corrected chi connectivity index (χ3v) is 4.68. The molecule has 3 rings (SSSR count). The first-order valence-electron chi connectivity index (χ1n) is 8.09. The van der Waals surface area contributed by atoms with Gasteiger partial charge in [0.05, 0.1) is 7.11 Å². The molecule has 1 aromatic rings. The van der Waals surface area contributed by atoms with Gasteiger partial charge in [0, 0.05) is 18.6 Å². The first kappa shape index (κ1) is 14.7. The number of piperidine rings is 1. The van der Waals surface area contributed by atoms with Crippen molar-refractivity contribution in [3.05, 3.63) is 24.3 Å². The number of hydrogen-bond donors (Lipinski definition) is 1. The van der Waals surface area contributed by atoms with Crippen LogP contribution in [0, 0.1) is 0 Å². The summed E-state index contributed by atoms with van der Waals surface area (Å²) in [4.78, 5) is 2.66. The predicted molar refractivity (Wildman–Crippen MR) is 84.1 cm³/mol. The summed E-state index contributed by atoms with van der Waals surface area (Å²) in [6, 6.07) is 9.27. The van der Waals surface area contributed by atoms with Crippen LogP contribution in [0.2, 0.25) is 0 Å². The monoisotopic (exact) mass is 290 g/mol. The Morgan fingerprint density at radius 3 is 2.76 bits per heavy atom. The smallest absolute Gasteiger partial charge is 0.119 e. The number of rotatable bonds is 6. The first-order valence-corrected chi connectivity index (χ1v) is 8.09. The minimum absolute atomic E-state index is 0.670. The van der Waals surface area contributed by atoms with Crippen molar-refractivity contribution in [3.8, 4) is 11.5 Å². The van der Waals surface area contributed by atoms with Crippen molar-refractivity contribution in [1.82, 2.24) is 10.2 Å². The second-order valence-corrected chi connectivity index (χ2v) is 6.03. The second-order valence-electron chi connectivity index (χ2n) is 6.03. The molecule has 1 aromatic carbocycles. The number of ether oxygens (including phenoxy) is 2. The topological polar surface area (TPSA) is 33.7 Å². The van der Waals surface area contributed by atoms with Gasteiger partial charge in [0.15, 0.2) is 0 Å². The average molecular weight is 290 g/mol. The fourth-order valence-electron chi connectivity index (χ4n) is 3.51. The molecule has 4 heteroatoms. The maximum atomic E-state index is 5.75. The fourth-order valence-corrected chi connectivity index (χ4v) is 3.51. The molecule has 0 saturated carbocycles. The standard InChI is InChI=1S/C17H26N2O2/c1-20-16-4-6-17(7-5-16)21-12-9-18-14-8-11-19-10-2-3-15(19)13-14/h4-7,14-15,18H,2-3,8-13H2,1H3. The van der Waals surface area contributed by atoms with Gasteiger partial charge >= 0.3 is 0 Å². The van der Waals surface area contributed by atoms with Gasteiger partial charge in [-0.2, -0.15) is 0 Å². The average Bonchev–Trinajstić information content (AvgIpc) is 3.00. The van der Waals surface area contributed by atoms with E-state index in [0.29, 0.717) is 6.04 Å². The maximum absolute atomic E-state index is 5.75. The van der Waals surface area contributed by atoms with E-state index in [4.69, 9.17) is 9.47 Å². The molecule has 2 heterocycles. The van der Waals surface area contributed by atoms with E-state index in [2.05, 4.69) is 10.2 Å². The van der Waals surface area contributed by atoms with Crippen molar-refractivity contribution < 1.29 is 9.47 Å². The summed E-state index contributed by atoms with van der Waals surface area (Å²) in [5.74, 6) is 1.77. The minimum atomic E-state index is 0.670. The van der Waals surface area contributed by atoms with E-state index >= 15 is 0 Å². The van der Waals surface area contributed by atoms with Crippen LogP contribution in [0.25, 0.3) is 0 Å². The highest BCUT2D eigenvalue weighted by atomic mass is 16.5. The van der Waals surface area contributed by atoms with Gasteiger partial charge in [0.25, 0.3) is 0 Å². The lowest BCUT2D eigenvalue weighted by Crippen LogP contribution is -2.46. The largest absolute Gasteiger partial charge is 0.497 e. The van der Waals surface area contributed by atoms with Gasteiger partial charge in [-0.05, 0) is 63.0 Å². The van der Waals surface area contributed by atoms with Crippen LogP contribution >= 0.6 is 0 Å². The van der Waals surface area contributed by atoms with Crippen molar-refractivity contribution in [3.63, 3.8) is 0 Å². The summed E-state index contributed by atoms with van der Waals surface area (Å²) in [7, 11) is 1.68. The third-order valence-electron chi connectivity index (χ3n) is 4.68. The van der Waals surface area contributed by atoms with E-state index in [9.17, 15) is 0 Å². The number of benzene rings is 1. The third kappa shape index (κ3) is 3.89. The summed E-state index contributed by atoms with van der Waals surface area (Å²) < 4.78 is 10.9. The molecule has 2 aliphatic rings. The number of methoxy groups -OCH3 is 1. The predicted octanol–water partition coefficient (Wildman–Crippen LogP) is 2.29. The molecular formula is C17H26N2O2. The van der Waals surface area contributed by atoms with E-state index in [1.165, 1.54) is 38.8 Å². The van der Waals surface area contributed by atoms with E-state index in [0.717, 1.165) is 30.7 Å². The van der Waals surface area contributed by atoms with Gasteiger partial charge in [0.1, 0.15) is 18.1 Å². The Bertz CT molecular complexity index is 435. The molecule has 116 valence electrons. The molecule has 0 bridgehead atoms. The second kappa shape index (κ2) is 7.14. The quantitative estimate of drug-likeness (QED) is 0.815. The van der Waals surface area contributed by atoms with E-state index in [-0.39, 0.29) is 0 Å². The lowest BCUT2D eigenvalue weighted by atomic mass is 9.98. The van der Waals surface area contributed by atoms with E-state index in [1.807, 2.05) is 24.3 Å². The molecule has 0 amide bonds. The molecule has 2 fully saturated rings. The molecule has 0 aliphatic carbocycles. The number of nitrogens with zero attached hydrogens (tertiary/aromatic N) is 1. The summed E-state index contributed by atoms with van der Waals surface area (Å²) in [6.45, 7) is 4.22. The molecule has 2 saturated heterocycles. The fraction of sp³-hybridized carbons (Fsp3) is 0.647. The highest BCUT2D eigenvalue weighted by Crippen LogP contribution is 2.26. The van der Waals surface area contributed by atoms with Gasteiger partial charge in [-0.3, -0.25) is 0 Å². The van der Waals surface area contributed by atoms with Crippen molar-refractivity contribution in [2.24, 2.45) is 0 Å². The van der Waals surface area contributed by atoms with Crippen molar-refractivity contribution >= 4 is 0 Å². The van der Waals surface area contributed by atoms with Gasteiger partial charge < -0.3 is 19.7 Å². The molecule has 0 aromatic heterocycles. The Balaban J connectivity index is 1.34. The Hall–Kier alpha value is -1.26. The molecule has 0 spiro atoms. The van der Waals surface area contributed by atoms with Crippen molar-refractivity contribution in [2.45, 2.75) is 37.8 Å². The zero-order valence-electron chi connectivity index (χ0n) is 12.9. The first-order chi connectivity index (χ1) is 10.3. The Morgan fingerprint density at radius 2 is 1.95 bits per heavy atom. The Labute approximate surface area is 127 Å². The van der Waals surface area contributed by atoms with Crippen LogP contribution in [0.15, 0.2) is 24.3 Å². The van der Waals surface area contributed by atoms with Gasteiger partial charge in [-0.25, -0.2) is 0 Å². The van der Waals surface area contributed by atoms with E-state index in [1.54, 1.807) is 7.11 Å². The van der Waals surface area contributed by atoms with E-state index < -0.39 is 0 Å². The minimum Gasteiger partial charge on any atom is -0.497 e. The number of nitrogens with one attached hydrogen (secondary N) is 1. The SMILES string of the molecule is COc1ccc(OCCNC2CCN3CCCC3C2)cc1. The van der Waals surface area contributed by atoms with Crippen LogP contribution in [0.3, 0.4) is 0 Å². The normalized spacial score (nSPS) is 25.6. The van der Waals surface area contributed by atoms with Gasteiger partial charge in [0.2, 0.25) is 0 Å². The highest BCUT2D eigenvalue weighted by Gasteiger charge is 2.31. The van der Waals surface area contributed by atoms with Crippen LogP contribution in [-0.2, 0) is 0 Å². The number of fused-ring (bicyclic) bond motifs is 1. The zero-order chi connectivity index (χ0) is 14.5. The maximum Gasteiger partial charge on any atom is 0.119 e. The summed E-state index contributed by atoms with van der Waals surface area (Å²) >= 11 is 0. The molecule has 21 heavy (non-hydrogen) atoms.